The van der Waals surface area contributed by atoms with E-state index >= 15 is 0 Å². The molecule has 0 aliphatic carbocycles. The lowest BCUT2D eigenvalue weighted by Gasteiger charge is -2.15. The average Bonchev–Trinajstić information content (AvgIpc) is 2.40. The Kier molecular flexibility index (Phi) is 3.87. The highest BCUT2D eigenvalue weighted by Crippen LogP contribution is 2.14. The first-order valence-electron chi connectivity index (χ1n) is 4.55. The van der Waals surface area contributed by atoms with Crippen molar-refractivity contribution in [2.24, 2.45) is 5.92 Å². The Balaban J connectivity index is 2.08. The standard InChI is InChI=1S/C9H19NO/c1-8(7-11-2)6-9-4-3-5-10-9/h8-10H,3-7H2,1-2H3. The van der Waals surface area contributed by atoms with Crippen molar-refractivity contribution in [3.8, 4) is 0 Å². The Morgan fingerprint density at radius 1 is 1.64 bits per heavy atom. The van der Waals surface area contributed by atoms with E-state index in [1.54, 1.807) is 7.11 Å². The first kappa shape index (κ1) is 9.01. The van der Waals surface area contributed by atoms with Crippen molar-refractivity contribution in [3.05, 3.63) is 0 Å². The molecule has 1 aliphatic rings. The van der Waals surface area contributed by atoms with Gasteiger partial charge in [-0.25, -0.2) is 0 Å². The van der Waals surface area contributed by atoms with E-state index in [0.717, 1.165) is 12.6 Å². The number of hydrogen-bond donors (Lipinski definition) is 1. The van der Waals surface area contributed by atoms with Crippen molar-refractivity contribution in [2.45, 2.75) is 32.2 Å². The number of rotatable bonds is 4. The van der Waals surface area contributed by atoms with E-state index in [4.69, 9.17) is 4.74 Å². The maximum atomic E-state index is 5.09. The Bertz CT molecular complexity index is 99.7. The van der Waals surface area contributed by atoms with E-state index in [9.17, 15) is 0 Å². The van der Waals surface area contributed by atoms with Crippen LogP contribution in [0.5, 0.6) is 0 Å². The second-order valence-electron chi connectivity index (χ2n) is 3.59. The summed E-state index contributed by atoms with van der Waals surface area (Å²) in [6.07, 6.45) is 3.98. The quantitative estimate of drug-likeness (QED) is 0.666. The molecule has 1 fully saturated rings. The average molecular weight is 157 g/mol. The molecule has 0 aromatic carbocycles. The number of nitrogens with one attached hydrogen (secondary N) is 1. The minimum absolute atomic E-state index is 0.704. The monoisotopic (exact) mass is 157 g/mol. The Morgan fingerprint density at radius 3 is 3.00 bits per heavy atom. The van der Waals surface area contributed by atoms with Crippen LogP contribution in [0.4, 0.5) is 0 Å². The maximum absolute atomic E-state index is 5.09. The van der Waals surface area contributed by atoms with Gasteiger partial charge in [0.25, 0.3) is 0 Å². The third-order valence-corrected chi connectivity index (χ3v) is 2.30. The fourth-order valence-corrected chi connectivity index (χ4v) is 1.80. The summed E-state index contributed by atoms with van der Waals surface area (Å²) in [7, 11) is 1.78. The molecule has 0 radical (unpaired) electrons. The normalized spacial score (nSPS) is 27.3. The minimum atomic E-state index is 0.704. The molecule has 0 spiro atoms. The van der Waals surface area contributed by atoms with E-state index in [1.807, 2.05) is 0 Å². The lowest BCUT2D eigenvalue weighted by atomic mass is 10.0. The summed E-state index contributed by atoms with van der Waals surface area (Å²) >= 11 is 0. The Hall–Kier alpha value is -0.0800. The van der Waals surface area contributed by atoms with E-state index in [2.05, 4.69) is 12.2 Å². The van der Waals surface area contributed by atoms with Crippen LogP contribution in [-0.2, 0) is 4.74 Å². The molecular weight excluding hydrogens is 138 g/mol. The van der Waals surface area contributed by atoms with Crippen LogP contribution >= 0.6 is 0 Å². The molecule has 2 nitrogen and oxygen atoms in total. The lowest BCUT2D eigenvalue weighted by Crippen LogP contribution is -2.24. The number of ether oxygens (including phenoxy) is 1. The largest absolute Gasteiger partial charge is 0.384 e. The third kappa shape index (κ3) is 3.21. The summed E-state index contributed by atoms with van der Waals surface area (Å²) in [5.74, 6) is 0.704. The molecule has 66 valence electrons. The second-order valence-corrected chi connectivity index (χ2v) is 3.59. The van der Waals surface area contributed by atoms with Crippen LogP contribution in [0.2, 0.25) is 0 Å². The zero-order valence-electron chi connectivity index (χ0n) is 7.60. The van der Waals surface area contributed by atoms with Crippen LogP contribution in [0.15, 0.2) is 0 Å². The summed E-state index contributed by atoms with van der Waals surface area (Å²) in [6.45, 7) is 4.37. The van der Waals surface area contributed by atoms with Gasteiger partial charge in [-0.05, 0) is 31.7 Å². The predicted octanol–water partition coefficient (Wildman–Crippen LogP) is 1.41. The second kappa shape index (κ2) is 4.73. The molecule has 0 aromatic rings. The van der Waals surface area contributed by atoms with Gasteiger partial charge in [0.1, 0.15) is 0 Å². The topological polar surface area (TPSA) is 21.3 Å². The number of methoxy groups -OCH3 is 1. The molecular formula is C9H19NO. The van der Waals surface area contributed by atoms with Gasteiger partial charge in [-0.3, -0.25) is 0 Å². The Morgan fingerprint density at radius 2 is 2.45 bits per heavy atom. The molecule has 11 heavy (non-hydrogen) atoms. The Labute approximate surface area is 69.3 Å². The first-order valence-corrected chi connectivity index (χ1v) is 4.55. The van der Waals surface area contributed by atoms with Gasteiger partial charge in [0.15, 0.2) is 0 Å². The molecule has 2 unspecified atom stereocenters. The van der Waals surface area contributed by atoms with Crippen LogP contribution in [0.3, 0.4) is 0 Å². The molecule has 0 bridgehead atoms. The summed E-state index contributed by atoms with van der Waals surface area (Å²) in [6, 6.07) is 0.764. The van der Waals surface area contributed by atoms with Crippen molar-refractivity contribution in [1.82, 2.24) is 5.32 Å². The van der Waals surface area contributed by atoms with Crippen molar-refractivity contribution in [2.75, 3.05) is 20.3 Å². The van der Waals surface area contributed by atoms with Gasteiger partial charge >= 0.3 is 0 Å². The van der Waals surface area contributed by atoms with Gasteiger partial charge in [0, 0.05) is 19.8 Å². The smallest absolute Gasteiger partial charge is 0.0488 e. The zero-order chi connectivity index (χ0) is 8.10. The molecule has 1 rings (SSSR count). The summed E-state index contributed by atoms with van der Waals surface area (Å²) in [4.78, 5) is 0. The van der Waals surface area contributed by atoms with Gasteiger partial charge in [0.2, 0.25) is 0 Å². The molecule has 1 aliphatic heterocycles. The van der Waals surface area contributed by atoms with E-state index in [-0.39, 0.29) is 0 Å². The number of hydrogen-bond acceptors (Lipinski definition) is 2. The first-order chi connectivity index (χ1) is 5.33. The molecule has 0 aromatic heterocycles. The van der Waals surface area contributed by atoms with Crippen molar-refractivity contribution >= 4 is 0 Å². The SMILES string of the molecule is COCC(C)CC1CCCN1. The zero-order valence-corrected chi connectivity index (χ0v) is 7.60. The van der Waals surface area contributed by atoms with Crippen molar-refractivity contribution < 1.29 is 4.74 Å². The fourth-order valence-electron chi connectivity index (χ4n) is 1.80. The van der Waals surface area contributed by atoms with Crippen LogP contribution in [-0.4, -0.2) is 26.3 Å². The van der Waals surface area contributed by atoms with Gasteiger partial charge in [0.05, 0.1) is 0 Å². The lowest BCUT2D eigenvalue weighted by molar-refractivity contribution is 0.150. The highest BCUT2D eigenvalue weighted by Gasteiger charge is 2.16. The molecule has 2 atom stereocenters. The molecule has 2 heteroatoms. The van der Waals surface area contributed by atoms with Crippen molar-refractivity contribution in [3.63, 3.8) is 0 Å². The van der Waals surface area contributed by atoms with E-state index in [1.165, 1.54) is 25.8 Å². The van der Waals surface area contributed by atoms with Crippen LogP contribution in [0.25, 0.3) is 0 Å². The van der Waals surface area contributed by atoms with Gasteiger partial charge in [-0.1, -0.05) is 6.92 Å². The summed E-state index contributed by atoms with van der Waals surface area (Å²) in [5.41, 5.74) is 0. The van der Waals surface area contributed by atoms with Gasteiger partial charge < -0.3 is 10.1 Å². The highest BCUT2D eigenvalue weighted by atomic mass is 16.5. The fraction of sp³-hybridized carbons (Fsp3) is 1.00. The molecule has 1 N–H and O–H groups in total. The molecule has 1 saturated heterocycles. The molecule has 0 amide bonds. The van der Waals surface area contributed by atoms with Gasteiger partial charge in [-0.2, -0.15) is 0 Å². The predicted molar refractivity (Wildman–Crippen MR) is 46.7 cm³/mol. The van der Waals surface area contributed by atoms with Crippen LogP contribution in [0, 0.1) is 5.92 Å². The summed E-state index contributed by atoms with van der Waals surface area (Å²) < 4.78 is 5.09. The van der Waals surface area contributed by atoms with E-state index < -0.39 is 0 Å². The van der Waals surface area contributed by atoms with Crippen LogP contribution < -0.4 is 5.32 Å². The summed E-state index contributed by atoms with van der Waals surface area (Å²) in [5, 5.41) is 3.49. The van der Waals surface area contributed by atoms with Gasteiger partial charge in [-0.15, -0.1) is 0 Å². The van der Waals surface area contributed by atoms with Crippen molar-refractivity contribution in [1.29, 1.82) is 0 Å². The highest BCUT2D eigenvalue weighted by molar-refractivity contribution is 4.75. The third-order valence-electron chi connectivity index (χ3n) is 2.30. The minimum Gasteiger partial charge on any atom is -0.384 e. The molecule has 0 saturated carbocycles. The maximum Gasteiger partial charge on any atom is 0.0488 e. The van der Waals surface area contributed by atoms with Crippen LogP contribution in [0.1, 0.15) is 26.2 Å². The van der Waals surface area contributed by atoms with E-state index in [0.29, 0.717) is 5.92 Å². The molecule has 1 heterocycles.